The highest BCUT2D eigenvalue weighted by Gasteiger charge is 2.24. The summed E-state index contributed by atoms with van der Waals surface area (Å²) in [6.07, 6.45) is 2.09. The van der Waals surface area contributed by atoms with Crippen LogP contribution in [0, 0.1) is 12.8 Å². The Bertz CT molecular complexity index is 520. The van der Waals surface area contributed by atoms with Gasteiger partial charge in [-0.15, -0.1) is 0 Å². The molecule has 1 aromatic carbocycles. The van der Waals surface area contributed by atoms with Gasteiger partial charge in [0, 0.05) is 30.8 Å². The second-order valence-corrected chi connectivity index (χ2v) is 5.48. The van der Waals surface area contributed by atoms with Crippen molar-refractivity contribution in [2.75, 3.05) is 18.8 Å². The average Bonchev–Trinajstić information content (AvgIpc) is 2.41. The van der Waals surface area contributed by atoms with E-state index < -0.39 is 0 Å². The summed E-state index contributed by atoms with van der Waals surface area (Å²) in [6, 6.07) is 5.36. The lowest BCUT2D eigenvalue weighted by Gasteiger charge is -2.31. The van der Waals surface area contributed by atoms with E-state index in [4.69, 9.17) is 11.5 Å². The summed E-state index contributed by atoms with van der Waals surface area (Å²) in [4.78, 5) is 25.1. The van der Waals surface area contributed by atoms with Crippen LogP contribution in [0.5, 0.6) is 0 Å². The van der Waals surface area contributed by atoms with Gasteiger partial charge in [0.2, 0.25) is 5.91 Å². The number of rotatable bonds is 3. The molecule has 5 nitrogen and oxygen atoms in total. The number of hydrogen-bond acceptors (Lipinski definition) is 3. The summed E-state index contributed by atoms with van der Waals surface area (Å²) in [7, 11) is 0. The molecule has 0 unspecified atom stereocenters. The molecule has 0 bridgehead atoms. The number of likely N-dealkylation sites (tertiary alicyclic amines) is 1. The van der Waals surface area contributed by atoms with Crippen molar-refractivity contribution in [3.05, 3.63) is 29.3 Å². The molecule has 1 aliphatic heterocycles. The predicted octanol–water partition coefficient (Wildman–Crippen LogP) is 1.30. The minimum Gasteiger partial charge on any atom is -0.399 e. The fourth-order valence-electron chi connectivity index (χ4n) is 2.62. The lowest BCUT2D eigenvalue weighted by molar-refractivity contribution is -0.119. The molecule has 1 saturated heterocycles. The molecule has 0 spiro atoms. The number of piperidine rings is 1. The van der Waals surface area contributed by atoms with Gasteiger partial charge in [0.05, 0.1) is 0 Å². The Morgan fingerprint density at radius 2 is 1.95 bits per heavy atom. The Hall–Kier alpha value is -2.04. The van der Waals surface area contributed by atoms with E-state index in [-0.39, 0.29) is 11.8 Å². The molecule has 2 amide bonds. The molecule has 108 valence electrons. The molecule has 0 radical (unpaired) electrons. The summed E-state index contributed by atoms with van der Waals surface area (Å²) >= 11 is 0. The van der Waals surface area contributed by atoms with Crippen LogP contribution < -0.4 is 11.5 Å². The molecule has 0 aliphatic carbocycles. The van der Waals surface area contributed by atoms with E-state index in [0.717, 1.165) is 18.4 Å². The van der Waals surface area contributed by atoms with Crippen molar-refractivity contribution in [2.24, 2.45) is 11.7 Å². The molecular formula is C15H21N3O2. The van der Waals surface area contributed by atoms with Gasteiger partial charge in [0.1, 0.15) is 0 Å². The van der Waals surface area contributed by atoms with E-state index in [0.29, 0.717) is 36.7 Å². The quantitative estimate of drug-likeness (QED) is 0.815. The standard InChI is InChI=1S/C15H21N3O2/c1-10-8-12(2-3-13(10)16)15(20)18-6-4-11(5-7-18)9-14(17)19/h2-3,8,11H,4-7,9,16H2,1H3,(H2,17,19). The maximum absolute atomic E-state index is 12.4. The van der Waals surface area contributed by atoms with E-state index >= 15 is 0 Å². The number of carbonyl (C=O) groups excluding carboxylic acids is 2. The lowest BCUT2D eigenvalue weighted by atomic mass is 9.93. The molecule has 0 aromatic heterocycles. The van der Waals surface area contributed by atoms with Crippen molar-refractivity contribution in [1.29, 1.82) is 0 Å². The fraction of sp³-hybridized carbons (Fsp3) is 0.467. The summed E-state index contributed by atoms with van der Waals surface area (Å²) in [6.45, 7) is 3.26. The van der Waals surface area contributed by atoms with E-state index in [9.17, 15) is 9.59 Å². The SMILES string of the molecule is Cc1cc(C(=O)N2CCC(CC(N)=O)CC2)ccc1N. The van der Waals surface area contributed by atoms with E-state index in [1.165, 1.54) is 0 Å². The number of primary amides is 1. The van der Waals surface area contributed by atoms with Crippen molar-refractivity contribution < 1.29 is 9.59 Å². The van der Waals surface area contributed by atoms with Gasteiger partial charge < -0.3 is 16.4 Å². The molecule has 1 aliphatic rings. The van der Waals surface area contributed by atoms with Crippen LogP contribution >= 0.6 is 0 Å². The van der Waals surface area contributed by atoms with Crippen LogP contribution in [0.1, 0.15) is 35.2 Å². The maximum Gasteiger partial charge on any atom is 0.253 e. The third-order valence-electron chi connectivity index (χ3n) is 3.91. The summed E-state index contributed by atoms with van der Waals surface area (Å²) in [5, 5.41) is 0. The van der Waals surface area contributed by atoms with E-state index in [1.54, 1.807) is 12.1 Å². The number of anilines is 1. The van der Waals surface area contributed by atoms with Gasteiger partial charge in [0.25, 0.3) is 5.91 Å². The van der Waals surface area contributed by atoms with Crippen LogP contribution in [-0.4, -0.2) is 29.8 Å². The van der Waals surface area contributed by atoms with E-state index in [1.807, 2.05) is 17.9 Å². The van der Waals surface area contributed by atoms with Gasteiger partial charge in [-0.1, -0.05) is 0 Å². The minimum atomic E-state index is -0.260. The number of amides is 2. The first-order chi connectivity index (χ1) is 9.47. The maximum atomic E-state index is 12.4. The minimum absolute atomic E-state index is 0.0330. The van der Waals surface area contributed by atoms with Crippen molar-refractivity contribution >= 4 is 17.5 Å². The molecule has 1 aromatic rings. The zero-order valence-corrected chi connectivity index (χ0v) is 11.8. The normalized spacial score (nSPS) is 16.1. The van der Waals surface area contributed by atoms with Crippen molar-refractivity contribution in [2.45, 2.75) is 26.2 Å². The third kappa shape index (κ3) is 3.29. The Balaban J connectivity index is 1.97. The largest absolute Gasteiger partial charge is 0.399 e. The Morgan fingerprint density at radius 3 is 2.50 bits per heavy atom. The van der Waals surface area contributed by atoms with Crippen LogP contribution in [0.3, 0.4) is 0 Å². The van der Waals surface area contributed by atoms with Crippen LogP contribution in [0.25, 0.3) is 0 Å². The second kappa shape index (κ2) is 5.94. The molecule has 4 N–H and O–H groups in total. The Kier molecular flexibility index (Phi) is 4.27. The first-order valence-electron chi connectivity index (χ1n) is 6.91. The van der Waals surface area contributed by atoms with Gasteiger partial charge in [-0.3, -0.25) is 9.59 Å². The summed E-state index contributed by atoms with van der Waals surface area (Å²) in [5.74, 6) is 0.0827. The lowest BCUT2D eigenvalue weighted by Crippen LogP contribution is -2.39. The number of nitrogens with zero attached hydrogens (tertiary/aromatic N) is 1. The van der Waals surface area contributed by atoms with Crippen molar-refractivity contribution in [3.8, 4) is 0 Å². The second-order valence-electron chi connectivity index (χ2n) is 5.48. The number of nitrogen functional groups attached to an aromatic ring is 1. The highest BCUT2D eigenvalue weighted by Crippen LogP contribution is 2.22. The Morgan fingerprint density at radius 1 is 1.30 bits per heavy atom. The molecule has 1 fully saturated rings. The van der Waals surface area contributed by atoms with Crippen molar-refractivity contribution in [3.63, 3.8) is 0 Å². The average molecular weight is 275 g/mol. The monoisotopic (exact) mass is 275 g/mol. The van der Waals surface area contributed by atoms with Crippen LogP contribution in [-0.2, 0) is 4.79 Å². The number of aryl methyl sites for hydroxylation is 1. The third-order valence-corrected chi connectivity index (χ3v) is 3.91. The van der Waals surface area contributed by atoms with Gasteiger partial charge >= 0.3 is 0 Å². The van der Waals surface area contributed by atoms with E-state index in [2.05, 4.69) is 0 Å². The topological polar surface area (TPSA) is 89.4 Å². The van der Waals surface area contributed by atoms with Gasteiger partial charge in [-0.05, 0) is 49.4 Å². The van der Waals surface area contributed by atoms with Crippen LogP contribution in [0.15, 0.2) is 18.2 Å². The zero-order chi connectivity index (χ0) is 14.7. The van der Waals surface area contributed by atoms with Crippen LogP contribution in [0.2, 0.25) is 0 Å². The predicted molar refractivity (Wildman–Crippen MR) is 78.0 cm³/mol. The van der Waals surface area contributed by atoms with Gasteiger partial charge in [0.15, 0.2) is 0 Å². The van der Waals surface area contributed by atoms with Gasteiger partial charge in [-0.25, -0.2) is 0 Å². The van der Waals surface area contributed by atoms with Crippen molar-refractivity contribution in [1.82, 2.24) is 4.90 Å². The molecule has 2 rings (SSSR count). The highest BCUT2D eigenvalue weighted by atomic mass is 16.2. The highest BCUT2D eigenvalue weighted by molar-refractivity contribution is 5.95. The molecule has 20 heavy (non-hydrogen) atoms. The molecule has 0 atom stereocenters. The number of hydrogen-bond donors (Lipinski definition) is 2. The van der Waals surface area contributed by atoms with Crippen LogP contribution in [0.4, 0.5) is 5.69 Å². The summed E-state index contributed by atoms with van der Waals surface area (Å²) < 4.78 is 0. The molecule has 5 heteroatoms. The molecule has 0 saturated carbocycles. The fourth-order valence-corrected chi connectivity index (χ4v) is 2.62. The number of benzene rings is 1. The molecular weight excluding hydrogens is 254 g/mol. The number of carbonyl (C=O) groups is 2. The zero-order valence-electron chi connectivity index (χ0n) is 11.8. The van der Waals surface area contributed by atoms with Gasteiger partial charge in [-0.2, -0.15) is 0 Å². The summed E-state index contributed by atoms with van der Waals surface area (Å²) in [5.41, 5.74) is 13.3. The smallest absolute Gasteiger partial charge is 0.253 e. The molecule has 1 heterocycles. The first kappa shape index (κ1) is 14.4. The Labute approximate surface area is 118 Å². The first-order valence-corrected chi connectivity index (χ1v) is 6.91. The number of nitrogens with two attached hydrogens (primary N) is 2.